The van der Waals surface area contributed by atoms with Crippen LogP contribution in [0.25, 0.3) is 0 Å². The Kier molecular flexibility index (Phi) is 3.98. The molecular formula is C18H21F3N2S. The maximum Gasteiger partial charge on any atom is 0.418 e. The molecule has 0 radical (unpaired) electrons. The summed E-state index contributed by atoms with van der Waals surface area (Å²) in [5, 5.41) is 6.43. The third-order valence-electron chi connectivity index (χ3n) is 6.01. The van der Waals surface area contributed by atoms with Gasteiger partial charge in [0.1, 0.15) is 0 Å². The van der Waals surface area contributed by atoms with Gasteiger partial charge in [-0.15, -0.1) is 0 Å². The lowest BCUT2D eigenvalue weighted by Gasteiger charge is -2.54. The lowest BCUT2D eigenvalue weighted by atomic mass is 9.54. The number of anilines is 1. The van der Waals surface area contributed by atoms with E-state index < -0.39 is 11.7 Å². The summed E-state index contributed by atoms with van der Waals surface area (Å²) in [6.07, 6.45) is 1.96. The molecule has 5 rings (SSSR count). The lowest BCUT2D eigenvalue weighted by Crippen LogP contribution is -2.56. The van der Waals surface area contributed by atoms with Crippen LogP contribution in [0.4, 0.5) is 18.9 Å². The standard InChI is InChI=1S/C18H21F3N2S/c19-18(20,21)14-3-1-2-4-15(14)22-17(24)23-16-12-6-10-5-11(8-12)9-13(16)7-10/h1-4,10-13,16H,5-9H2,(H2,22,23,24). The van der Waals surface area contributed by atoms with Crippen molar-refractivity contribution < 1.29 is 13.2 Å². The number of thiocarbonyl (C=S) groups is 1. The zero-order valence-corrected chi connectivity index (χ0v) is 14.1. The molecule has 4 saturated carbocycles. The van der Waals surface area contributed by atoms with Gasteiger partial charge in [0, 0.05) is 6.04 Å². The second-order valence-corrected chi connectivity index (χ2v) is 8.01. The summed E-state index contributed by atoms with van der Waals surface area (Å²) in [6, 6.07) is 5.79. The first-order valence-electron chi connectivity index (χ1n) is 8.64. The average molecular weight is 354 g/mol. The Hall–Kier alpha value is -1.30. The average Bonchev–Trinajstić information content (AvgIpc) is 2.49. The summed E-state index contributed by atoms with van der Waals surface area (Å²) in [4.78, 5) is 0. The minimum absolute atomic E-state index is 0.0197. The molecule has 0 spiro atoms. The van der Waals surface area contributed by atoms with Crippen molar-refractivity contribution in [3.63, 3.8) is 0 Å². The minimum Gasteiger partial charge on any atom is -0.359 e. The largest absolute Gasteiger partial charge is 0.418 e. The summed E-state index contributed by atoms with van der Waals surface area (Å²) >= 11 is 5.33. The quantitative estimate of drug-likeness (QED) is 0.745. The molecule has 4 aliphatic carbocycles. The van der Waals surface area contributed by atoms with Gasteiger partial charge in [0.2, 0.25) is 0 Å². The van der Waals surface area contributed by atoms with Gasteiger partial charge >= 0.3 is 6.18 Å². The second kappa shape index (κ2) is 5.90. The fourth-order valence-corrected chi connectivity index (χ4v) is 5.56. The number of benzene rings is 1. The lowest BCUT2D eigenvalue weighted by molar-refractivity contribution is -0.136. The van der Waals surface area contributed by atoms with Crippen molar-refractivity contribution in [2.45, 2.75) is 44.3 Å². The minimum atomic E-state index is -4.39. The highest BCUT2D eigenvalue weighted by atomic mass is 32.1. The molecule has 4 aliphatic rings. The van der Waals surface area contributed by atoms with Crippen molar-refractivity contribution >= 4 is 23.0 Å². The van der Waals surface area contributed by atoms with E-state index in [2.05, 4.69) is 10.6 Å². The first kappa shape index (κ1) is 16.2. The van der Waals surface area contributed by atoms with Gasteiger partial charge in [-0.2, -0.15) is 13.2 Å². The first-order chi connectivity index (χ1) is 11.4. The van der Waals surface area contributed by atoms with Crippen molar-refractivity contribution in [1.82, 2.24) is 5.32 Å². The molecule has 0 unspecified atom stereocenters. The van der Waals surface area contributed by atoms with E-state index in [-0.39, 0.29) is 5.69 Å². The predicted molar refractivity (Wildman–Crippen MR) is 91.6 cm³/mol. The molecule has 6 heteroatoms. The van der Waals surface area contributed by atoms with E-state index in [0.29, 0.717) is 23.0 Å². The number of nitrogens with one attached hydrogen (secondary N) is 2. The highest BCUT2D eigenvalue weighted by molar-refractivity contribution is 7.80. The normalized spacial score (nSPS) is 34.2. The van der Waals surface area contributed by atoms with Crippen LogP contribution < -0.4 is 10.6 Å². The molecule has 130 valence electrons. The molecule has 0 saturated heterocycles. The number of rotatable bonds is 2. The van der Waals surface area contributed by atoms with Crippen molar-refractivity contribution in [1.29, 1.82) is 0 Å². The Balaban J connectivity index is 1.45. The smallest absolute Gasteiger partial charge is 0.359 e. The van der Waals surface area contributed by atoms with Gasteiger partial charge < -0.3 is 10.6 Å². The van der Waals surface area contributed by atoms with E-state index >= 15 is 0 Å². The van der Waals surface area contributed by atoms with E-state index in [1.54, 1.807) is 6.07 Å². The van der Waals surface area contributed by atoms with Crippen LogP contribution in [-0.4, -0.2) is 11.2 Å². The van der Waals surface area contributed by atoms with Crippen molar-refractivity contribution in [3.8, 4) is 0 Å². The van der Waals surface area contributed by atoms with Crippen molar-refractivity contribution in [2.75, 3.05) is 5.32 Å². The van der Waals surface area contributed by atoms with E-state index in [1.165, 1.54) is 44.2 Å². The SMILES string of the molecule is FC(F)(F)c1ccccc1NC(=S)NC1C2CC3CC(C2)CC1C3. The van der Waals surface area contributed by atoms with Crippen LogP contribution >= 0.6 is 12.2 Å². The summed E-state index contributed by atoms with van der Waals surface area (Å²) in [6.45, 7) is 0. The van der Waals surface area contributed by atoms with Crippen LogP contribution in [0.15, 0.2) is 24.3 Å². The van der Waals surface area contributed by atoms with Gasteiger partial charge in [-0.05, 0) is 80.1 Å². The Bertz CT molecular complexity index is 615. The summed E-state index contributed by atoms with van der Waals surface area (Å²) in [7, 11) is 0. The van der Waals surface area contributed by atoms with Gasteiger partial charge in [0.15, 0.2) is 5.11 Å². The molecule has 0 aromatic heterocycles. The molecule has 0 atom stereocenters. The zero-order chi connectivity index (χ0) is 16.9. The molecule has 1 aromatic carbocycles. The first-order valence-corrected chi connectivity index (χ1v) is 9.04. The van der Waals surface area contributed by atoms with Crippen LogP contribution in [0, 0.1) is 23.7 Å². The van der Waals surface area contributed by atoms with Gasteiger partial charge in [-0.1, -0.05) is 12.1 Å². The molecule has 0 heterocycles. The number of alkyl halides is 3. The molecule has 2 N–H and O–H groups in total. The summed E-state index contributed by atoms with van der Waals surface area (Å²) in [5.41, 5.74) is -0.662. The molecule has 2 nitrogen and oxygen atoms in total. The highest BCUT2D eigenvalue weighted by Gasteiger charge is 2.48. The Labute approximate surface area is 145 Å². The number of hydrogen-bond donors (Lipinski definition) is 2. The third-order valence-corrected chi connectivity index (χ3v) is 6.23. The molecule has 4 fully saturated rings. The van der Waals surface area contributed by atoms with Gasteiger partial charge in [-0.3, -0.25) is 0 Å². The van der Waals surface area contributed by atoms with E-state index in [4.69, 9.17) is 12.2 Å². The van der Waals surface area contributed by atoms with E-state index in [1.807, 2.05) is 0 Å². The topological polar surface area (TPSA) is 24.1 Å². The zero-order valence-electron chi connectivity index (χ0n) is 13.3. The molecule has 1 aromatic rings. The number of para-hydroxylation sites is 1. The molecule has 0 aliphatic heterocycles. The van der Waals surface area contributed by atoms with Gasteiger partial charge in [0.05, 0.1) is 11.3 Å². The Morgan fingerprint density at radius 1 is 0.958 bits per heavy atom. The molecular weight excluding hydrogens is 333 g/mol. The van der Waals surface area contributed by atoms with Gasteiger partial charge in [-0.25, -0.2) is 0 Å². The van der Waals surface area contributed by atoms with E-state index in [0.717, 1.165) is 17.9 Å². The Morgan fingerprint density at radius 2 is 1.54 bits per heavy atom. The monoisotopic (exact) mass is 354 g/mol. The van der Waals surface area contributed by atoms with Gasteiger partial charge in [0.25, 0.3) is 0 Å². The molecule has 0 amide bonds. The van der Waals surface area contributed by atoms with Crippen LogP contribution in [0.3, 0.4) is 0 Å². The van der Waals surface area contributed by atoms with Crippen LogP contribution in [0.2, 0.25) is 0 Å². The van der Waals surface area contributed by atoms with Crippen molar-refractivity contribution in [3.05, 3.63) is 29.8 Å². The fraction of sp³-hybridized carbons (Fsp3) is 0.611. The predicted octanol–water partition coefficient (Wildman–Crippen LogP) is 4.82. The maximum absolute atomic E-state index is 13.1. The van der Waals surface area contributed by atoms with Crippen LogP contribution in [0.5, 0.6) is 0 Å². The summed E-state index contributed by atoms with van der Waals surface area (Å²) < 4.78 is 39.3. The molecule has 4 bridgehead atoms. The highest BCUT2D eigenvalue weighted by Crippen LogP contribution is 2.53. The third kappa shape index (κ3) is 3.01. The van der Waals surface area contributed by atoms with Crippen molar-refractivity contribution in [2.24, 2.45) is 23.7 Å². The fourth-order valence-electron chi connectivity index (χ4n) is 5.31. The second-order valence-electron chi connectivity index (χ2n) is 7.60. The number of halogens is 3. The Morgan fingerprint density at radius 3 is 2.12 bits per heavy atom. The number of hydrogen-bond acceptors (Lipinski definition) is 1. The maximum atomic E-state index is 13.1. The summed E-state index contributed by atoms with van der Waals surface area (Å²) in [5.74, 6) is 2.97. The van der Waals surface area contributed by atoms with E-state index in [9.17, 15) is 13.2 Å². The van der Waals surface area contributed by atoms with Crippen LogP contribution in [-0.2, 0) is 6.18 Å². The van der Waals surface area contributed by atoms with Crippen LogP contribution in [0.1, 0.15) is 37.7 Å². The molecule has 24 heavy (non-hydrogen) atoms.